The molecule has 0 aromatic heterocycles. The fraction of sp³-hybridized carbons (Fsp3) is 0.125. The molecule has 0 saturated carbocycles. The van der Waals surface area contributed by atoms with Crippen LogP contribution in [0.2, 0.25) is 0 Å². The number of rotatable bonds is 19. The van der Waals surface area contributed by atoms with Crippen LogP contribution in [0.15, 0.2) is 188 Å². The minimum absolute atomic E-state index is 0.288. The standard InChI is InChI=1S/C48H43O6P/c1-6-16-38(17-7-1)32-49-44-26-42(27-45(30-44)50-33-39-18-8-2-9-19-39)36-53-55(48-24-14-5-15-25-48)54-37-43-28-46(51-34-40-20-10-3-11-21-40)31-47(29-43)52-35-41-22-12-4-13-23-41/h1-31H,32-37H2. The SMILES string of the molecule is c1ccc(COc2cc(COP(OCc3cc(OCc4ccccc4)cc(OCc4ccccc4)c3)c3ccccc3)cc(OCc3ccccc3)c2)cc1. The first kappa shape index (κ1) is 37.4. The van der Waals surface area contributed by atoms with Gasteiger partial charge in [0.2, 0.25) is 8.38 Å². The molecule has 0 fully saturated rings. The Labute approximate surface area is 324 Å². The van der Waals surface area contributed by atoms with Crippen molar-refractivity contribution in [3.63, 3.8) is 0 Å². The lowest BCUT2D eigenvalue weighted by atomic mass is 10.2. The Morgan fingerprint density at radius 1 is 0.273 bits per heavy atom. The summed E-state index contributed by atoms with van der Waals surface area (Å²) >= 11 is 0. The lowest BCUT2D eigenvalue weighted by molar-refractivity contribution is 0.239. The van der Waals surface area contributed by atoms with E-state index in [-0.39, 0.29) is 13.2 Å². The van der Waals surface area contributed by atoms with Gasteiger partial charge in [0.25, 0.3) is 0 Å². The van der Waals surface area contributed by atoms with Gasteiger partial charge < -0.3 is 28.0 Å². The number of benzene rings is 7. The summed E-state index contributed by atoms with van der Waals surface area (Å²) in [5.41, 5.74) is 6.15. The second-order valence-corrected chi connectivity index (χ2v) is 14.4. The van der Waals surface area contributed by atoms with E-state index in [2.05, 4.69) is 0 Å². The Morgan fingerprint density at radius 3 is 0.836 bits per heavy atom. The average Bonchev–Trinajstić information content (AvgIpc) is 3.25. The monoisotopic (exact) mass is 746 g/mol. The molecule has 0 aliphatic rings. The predicted molar refractivity (Wildman–Crippen MR) is 219 cm³/mol. The summed E-state index contributed by atoms with van der Waals surface area (Å²) in [6, 6.07) is 62.4. The maximum absolute atomic E-state index is 6.61. The minimum atomic E-state index is -1.48. The van der Waals surface area contributed by atoms with Crippen LogP contribution >= 0.6 is 8.38 Å². The first-order valence-electron chi connectivity index (χ1n) is 18.3. The van der Waals surface area contributed by atoms with Crippen LogP contribution in [-0.4, -0.2) is 0 Å². The van der Waals surface area contributed by atoms with Gasteiger partial charge in [0, 0.05) is 17.4 Å². The topological polar surface area (TPSA) is 55.4 Å². The number of hydrogen-bond donors (Lipinski definition) is 0. The first-order chi connectivity index (χ1) is 27.2. The molecule has 0 radical (unpaired) electrons. The number of ether oxygens (including phenoxy) is 4. The minimum Gasteiger partial charge on any atom is -0.489 e. The Hall–Kier alpha value is -5.91. The Morgan fingerprint density at radius 2 is 0.545 bits per heavy atom. The molecule has 0 N–H and O–H groups in total. The Kier molecular flexibility index (Phi) is 13.6. The Bertz CT molecular complexity index is 1910. The maximum Gasteiger partial charge on any atom is 0.205 e. The molecule has 0 aliphatic heterocycles. The first-order valence-corrected chi connectivity index (χ1v) is 19.5. The zero-order valence-electron chi connectivity index (χ0n) is 30.5. The molecule has 0 heterocycles. The molecule has 7 rings (SSSR count). The molecule has 7 aromatic rings. The lowest BCUT2D eigenvalue weighted by Gasteiger charge is -2.19. The molecule has 6 nitrogen and oxygen atoms in total. The zero-order valence-corrected chi connectivity index (χ0v) is 31.4. The zero-order chi connectivity index (χ0) is 37.3. The van der Waals surface area contributed by atoms with Crippen molar-refractivity contribution in [2.45, 2.75) is 39.6 Å². The highest BCUT2D eigenvalue weighted by Gasteiger charge is 2.17. The van der Waals surface area contributed by atoms with Crippen molar-refractivity contribution in [3.05, 3.63) is 221 Å². The van der Waals surface area contributed by atoms with Crippen molar-refractivity contribution in [2.24, 2.45) is 0 Å². The van der Waals surface area contributed by atoms with Crippen LogP contribution in [0.5, 0.6) is 23.0 Å². The highest BCUT2D eigenvalue weighted by molar-refractivity contribution is 7.55. The van der Waals surface area contributed by atoms with Crippen LogP contribution < -0.4 is 24.3 Å². The summed E-state index contributed by atoms with van der Waals surface area (Å²) in [7, 11) is -1.48. The fourth-order valence-electron chi connectivity index (χ4n) is 5.73. The van der Waals surface area contributed by atoms with E-state index < -0.39 is 8.38 Å². The van der Waals surface area contributed by atoms with Gasteiger partial charge in [-0.05, 0) is 69.8 Å². The van der Waals surface area contributed by atoms with Gasteiger partial charge in [-0.2, -0.15) is 0 Å². The second kappa shape index (κ2) is 20.0. The van der Waals surface area contributed by atoms with E-state index >= 15 is 0 Å². The predicted octanol–water partition coefficient (Wildman–Crippen LogP) is 11.4. The molecule has 0 amide bonds. The summed E-state index contributed by atoms with van der Waals surface area (Å²) in [5.74, 6) is 2.81. The van der Waals surface area contributed by atoms with Crippen LogP contribution in [0, 0.1) is 0 Å². The lowest BCUT2D eigenvalue weighted by Crippen LogP contribution is -2.07. The smallest absolute Gasteiger partial charge is 0.205 e. The summed E-state index contributed by atoms with van der Waals surface area (Å²) in [4.78, 5) is 0. The summed E-state index contributed by atoms with van der Waals surface area (Å²) < 4.78 is 38.2. The molecule has 7 heteroatoms. The average molecular weight is 747 g/mol. The highest BCUT2D eigenvalue weighted by Crippen LogP contribution is 2.41. The van der Waals surface area contributed by atoms with E-state index in [1.165, 1.54) is 0 Å². The highest BCUT2D eigenvalue weighted by atomic mass is 31.2. The van der Waals surface area contributed by atoms with Gasteiger partial charge >= 0.3 is 0 Å². The van der Waals surface area contributed by atoms with Crippen molar-refractivity contribution in [2.75, 3.05) is 0 Å². The van der Waals surface area contributed by atoms with Gasteiger partial charge in [-0.3, -0.25) is 0 Å². The van der Waals surface area contributed by atoms with Gasteiger partial charge in [0.15, 0.2) is 0 Å². The van der Waals surface area contributed by atoms with E-state index in [1.54, 1.807) is 0 Å². The largest absolute Gasteiger partial charge is 0.489 e. The maximum atomic E-state index is 6.61. The summed E-state index contributed by atoms with van der Waals surface area (Å²) in [6.45, 7) is 2.33. The van der Waals surface area contributed by atoms with Crippen molar-refractivity contribution < 1.29 is 28.0 Å². The molecule has 0 unspecified atom stereocenters. The molecule has 0 atom stereocenters. The molecule has 0 bridgehead atoms. The fourth-order valence-corrected chi connectivity index (χ4v) is 7.05. The van der Waals surface area contributed by atoms with E-state index in [9.17, 15) is 0 Å². The third kappa shape index (κ3) is 12.0. The van der Waals surface area contributed by atoms with E-state index in [1.807, 2.05) is 188 Å². The van der Waals surface area contributed by atoms with Crippen molar-refractivity contribution >= 4 is 13.7 Å². The van der Waals surface area contributed by atoms with Crippen molar-refractivity contribution in [1.29, 1.82) is 0 Å². The molecule has 55 heavy (non-hydrogen) atoms. The van der Waals surface area contributed by atoms with Gasteiger partial charge in [0.1, 0.15) is 49.4 Å². The third-order valence-corrected chi connectivity index (χ3v) is 9.98. The normalized spacial score (nSPS) is 10.9. The van der Waals surface area contributed by atoms with Crippen LogP contribution in [0.25, 0.3) is 0 Å². The van der Waals surface area contributed by atoms with Crippen LogP contribution in [0.3, 0.4) is 0 Å². The van der Waals surface area contributed by atoms with Crippen LogP contribution in [0.4, 0.5) is 0 Å². The molecule has 0 spiro atoms. The third-order valence-electron chi connectivity index (χ3n) is 8.54. The second-order valence-electron chi connectivity index (χ2n) is 12.9. The van der Waals surface area contributed by atoms with Gasteiger partial charge in [-0.15, -0.1) is 0 Å². The molecular formula is C48H43O6P. The molecule has 7 aromatic carbocycles. The Balaban J connectivity index is 1.08. The van der Waals surface area contributed by atoms with Gasteiger partial charge in [-0.1, -0.05) is 140 Å². The summed E-state index contributed by atoms with van der Waals surface area (Å²) in [6.07, 6.45) is 0. The van der Waals surface area contributed by atoms with E-state index in [4.69, 9.17) is 28.0 Å². The summed E-state index contributed by atoms with van der Waals surface area (Å²) in [5, 5.41) is 0.964. The number of hydrogen-bond acceptors (Lipinski definition) is 6. The van der Waals surface area contributed by atoms with Gasteiger partial charge in [0.05, 0.1) is 13.2 Å². The van der Waals surface area contributed by atoms with Crippen molar-refractivity contribution in [3.8, 4) is 23.0 Å². The van der Waals surface area contributed by atoms with Crippen LogP contribution in [0.1, 0.15) is 33.4 Å². The quantitative estimate of drug-likeness (QED) is 0.0768. The molecule has 0 saturated heterocycles. The molecule has 0 aliphatic carbocycles. The van der Waals surface area contributed by atoms with Crippen molar-refractivity contribution in [1.82, 2.24) is 0 Å². The molecular weight excluding hydrogens is 703 g/mol. The van der Waals surface area contributed by atoms with Crippen LogP contribution in [-0.2, 0) is 48.7 Å². The van der Waals surface area contributed by atoms with Gasteiger partial charge in [-0.25, -0.2) is 0 Å². The van der Waals surface area contributed by atoms with E-state index in [0.29, 0.717) is 49.4 Å². The van der Waals surface area contributed by atoms with E-state index in [0.717, 1.165) is 38.7 Å². The molecule has 276 valence electrons.